The minimum absolute atomic E-state index is 0.0285. The van der Waals surface area contributed by atoms with Gasteiger partial charge in [-0.25, -0.2) is 9.97 Å². The zero-order valence-electron chi connectivity index (χ0n) is 11.2. The van der Waals surface area contributed by atoms with Crippen molar-refractivity contribution in [2.75, 3.05) is 12.4 Å². The minimum Gasteiger partial charge on any atom is -0.378 e. The minimum atomic E-state index is -4.47. The number of halogens is 5. The van der Waals surface area contributed by atoms with Gasteiger partial charge in [0.2, 0.25) is 5.95 Å². The molecule has 0 aliphatic carbocycles. The van der Waals surface area contributed by atoms with Crippen molar-refractivity contribution in [3.8, 4) is 0 Å². The van der Waals surface area contributed by atoms with Gasteiger partial charge in [-0.1, -0.05) is 23.2 Å². The van der Waals surface area contributed by atoms with Crippen molar-refractivity contribution in [3.63, 3.8) is 0 Å². The van der Waals surface area contributed by atoms with Crippen molar-refractivity contribution in [1.29, 1.82) is 0 Å². The van der Waals surface area contributed by atoms with Gasteiger partial charge in [-0.15, -0.1) is 0 Å². The molecule has 0 unspecified atom stereocenters. The molecule has 2 aromatic rings. The van der Waals surface area contributed by atoms with Crippen LogP contribution in [0.15, 0.2) is 24.3 Å². The summed E-state index contributed by atoms with van der Waals surface area (Å²) in [4.78, 5) is 7.97. The first-order chi connectivity index (χ1) is 10.3. The Kier molecular flexibility index (Phi) is 5.10. The highest BCUT2D eigenvalue weighted by molar-refractivity contribution is 6.33. The van der Waals surface area contributed by atoms with E-state index in [4.69, 9.17) is 27.9 Å². The van der Waals surface area contributed by atoms with Crippen LogP contribution in [0.3, 0.4) is 0 Å². The molecule has 0 radical (unpaired) electrons. The van der Waals surface area contributed by atoms with Crippen LogP contribution in [-0.2, 0) is 17.5 Å². The Morgan fingerprint density at radius 1 is 1.18 bits per heavy atom. The number of ether oxygens (including phenoxy) is 1. The summed E-state index contributed by atoms with van der Waals surface area (Å²) in [5, 5.41) is 2.86. The maximum atomic E-state index is 12.7. The summed E-state index contributed by atoms with van der Waals surface area (Å²) < 4.78 is 43.1. The van der Waals surface area contributed by atoms with Gasteiger partial charge in [0.05, 0.1) is 28.6 Å². The zero-order valence-corrected chi connectivity index (χ0v) is 12.7. The van der Waals surface area contributed by atoms with Gasteiger partial charge in [0.1, 0.15) is 5.15 Å². The molecule has 118 valence electrons. The molecule has 9 heteroatoms. The number of rotatable bonds is 4. The molecule has 0 saturated heterocycles. The fraction of sp³-hybridized carbons (Fsp3) is 0.231. The molecule has 0 aliphatic rings. The van der Waals surface area contributed by atoms with Crippen molar-refractivity contribution in [2.24, 2.45) is 0 Å². The molecule has 1 aromatic carbocycles. The van der Waals surface area contributed by atoms with Crippen molar-refractivity contribution >= 4 is 34.8 Å². The second-order valence-corrected chi connectivity index (χ2v) is 5.05. The van der Waals surface area contributed by atoms with Crippen LogP contribution in [-0.4, -0.2) is 17.1 Å². The van der Waals surface area contributed by atoms with Crippen LogP contribution in [0.2, 0.25) is 10.2 Å². The molecule has 2 rings (SSSR count). The number of hydrogen-bond donors (Lipinski definition) is 1. The van der Waals surface area contributed by atoms with E-state index in [9.17, 15) is 13.2 Å². The normalized spacial score (nSPS) is 11.5. The van der Waals surface area contributed by atoms with E-state index in [-0.39, 0.29) is 28.4 Å². The first kappa shape index (κ1) is 16.8. The Hall–Kier alpha value is -1.57. The predicted molar refractivity (Wildman–Crippen MR) is 77.5 cm³/mol. The van der Waals surface area contributed by atoms with Gasteiger partial charge in [-0.2, -0.15) is 13.2 Å². The fourth-order valence-corrected chi connectivity index (χ4v) is 2.03. The number of nitrogens with zero attached hydrogens (tertiary/aromatic N) is 2. The lowest BCUT2D eigenvalue weighted by Crippen LogP contribution is -2.07. The van der Waals surface area contributed by atoms with Crippen molar-refractivity contribution in [1.82, 2.24) is 9.97 Å². The number of anilines is 2. The highest BCUT2D eigenvalue weighted by Crippen LogP contribution is 2.34. The van der Waals surface area contributed by atoms with Crippen molar-refractivity contribution in [2.45, 2.75) is 12.8 Å². The van der Waals surface area contributed by atoms with Crippen molar-refractivity contribution in [3.05, 3.63) is 45.7 Å². The molecule has 1 aromatic heterocycles. The molecule has 0 amide bonds. The van der Waals surface area contributed by atoms with Gasteiger partial charge in [-0.05, 0) is 24.3 Å². The third kappa shape index (κ3) is 4.22. The standard InChI is InChI=1S/C13H10Cl2F3N3O/c1-22-6-8-5-11(15)21-12(19-8)20-10-4-7(13(16,17)18)2-3-9(10)14/h2-5H,6H2,1H3,(H,19,20,21). The summed E-state index contributed by atoms with van der Waals surface area (Å²) in [6, 6.07) is 4.41. The molecular weight excluding hydrogens is 342 g/mol. The maximum absolute atomic E-state index is 12.7. The molecule has 1 N–H and O–H groups in total. The molecule has 0 spiro atoms. The first-order valence-electron chi connectivity index (χ1n) is 5.96. The van der Waals surface area contributed by atoms with Crippen LogP contribution in [0.5, 0.6) is 0 Å². The van der Waals surface area contributed by atoms with Gasteiger partial charge in [0, 0.05) is 7.11 Å². The SMILES string of the molecule is COCc1cc(Cl)nc(Nc2cc(C(F)(F)F)ccc2Cl)n1. The van der Waals surface area contributed by atoms with Crippen LogP contribution in [0.25, 0.3) is 0 Å². The first-order valence-corrected chi connectivity index (χ1v) is 6.71. The van der Waals surface area contributed by atoms with Gasteiger partial charge in [-0.3, -0.25) is 0 Å². The predicted octanol–water partition coefficient (Wildman–Crippen LogP) is 4.69. The van der Waals surface area contributed by atoms with Gasteiger partial charge in [0.25, 0.3) is 0 Å². The lowest BCUT2D eigenvalue weighted by atomic mass is 10.2. The Morgan fingerprint density at radius 3 is 2.55 bits per heavy atom. The quantitative estimate of drug-likeness (QED) is 0.811. The third-order valence-corrected chi connectivity index (χ3v) is 3.10. The van der Waals surface area contributed by atoms with Gasteiger partial charge < -0.3 is 10.1 Å². The van der Waals surface area contributed by atoms with E-state index < -0.39 is 11.7 Å². The van der Waals surface area contributed by atoms with E-state index in [0.717, 1.165) is 18.2 Å². The Morgan fingerprint density at radius 2 is 1.91 bits per heavy atom. The average Bonchev–Trinajstić information content (AvgIpc) is 2.39. The third-order valence-electron chi connectivity index (χ3n) is 2.58. The molecule has 0 atom stereocenters. The number of nitrogens with one attached hydrogen (secondary N) is 1. The Balaban J connectivity index is 2.34. The molecule has 4 nitrogen and oxygen atoms in total. The summed E-state index contributed by atoms with van der Waals surface area (Å²) in [5.41, 5.74) is -0.325. The number of alkyl halides is 3. The largest absolute Gasteiger partial charge is 0.416 e. The number of hydrogen-bond acceptors (Lipinski definition) is 4. The summed E-state index contributed by atoms with van der Waals surface area (Å²) in [5.74, 6) is 0.0285. The van der Waals surface area contributed by atoms with Crippen LogP contribution in [0, 0.1) is 0 Å². The molecule has 0 bridgehead atoms. The zero-order chi connectivity index (χ0) is 16.3. The number of aromatic nitrogens is 2. The van der Waals surface area contributed by atoms with Gasteiger partial charge >= 0.3 is 6.18 Å². The smallest absolute Gasteiger partial charge is 0.378 e. The monoisotopic (exact) mass is 351 g/mol. The second kappa shape index (κ2) is 6.68. The second-order valence-electron chi connectivity index (χ2n) is 4.26. The molecule has 22 heavy (non-hydrogen) atoms. The summed E-state index contributed by atoms with van der Waals surface area (Å²) >= 11 is 11.7. The molecule has 1 heterocycles. The summed E-state index contributed by atoms with van der Waals surface area (Å²) in [6.45, 7) is 0.188. The Labute approximate surface area is 134 Å². The van der Waals surface area contributed by atoms with E-state index >= 15 is 0 Å². The maximum Gasteiger partial charge on any atom is 0.416 e. The van der Waals surface area contributed by atoms with E-state index in [1.165, 1.54) is 13.2 Å². The number of benzene rings is 1. The van der Waals surface area contributed by atoms with E-state index in [1.807, 2.05) is 0 Å². The van der Waals surface area contributed by atoms with Crippen LogP contribution in [0.1, 0.15) is 11.3 Å². The molecule has 0 aliphatic heterocycles. The van der Waals surface area contributed by atoms with E-state index in [0.29, 0.717) is 5.69 Å². The molecule has 0 fully saturated rings. The fourth-order valence-electron chi connectivity index (χ4n) is 1.66. The van der Waals surface area contributed by atoms with Crippen LogP contribution >= 0.6 is 23.2 Å². The van der Waals surface area contributed by atoms with Gasteiger partial charge in [0.15, 0.2) is 0 Å². The number of methoxy groups -OCH3 is 1. The molecule has 0 saturated carbocycles. The average molecular weight is 352 g/mol. The highest BCUT2D eigenvalue weighted by atomic mass is 35.5. The van der Waals surface area contributed by atoms with E-state index in [1.54, 1.807) is 0 Å². The lowest BCUT2D eigenvalue weighted by Gasteiger charge is -2.12. The highest BCUT2D eigenvalue weighted by Gasteiger charge is 2.31. The van der Waals surface area contributed by atoms with Crippen LogP contribution < -0.4 is 5.32 Å². The van der Waals surface area contributed by atoms with E-state index in [2.05, 4.69) is 15.3 Å². The topological polar surface area (TPSA) is 47.0 Å². The molecular formula is C13H10Cl2F3N3O. The summed E-state index contributed by atoms with van der Waals surface area (Å²) in [7, 11) is 1.48. The van der Waals surface area contributed by atoms with Crippen molar-refractivity contribution < 1.29 is 17.9 Å². The summed E-state index contributed by atoms with van der Waals surface area (Å²) in [6.07, 6.45) is -4.47. The Bertz CT molecular complexity index is 680. The van der Waals surface area contributed by atoms with Crippen LogP contribution in [0.4, 0.5) is 24.8 Å². The lowest BCUT2D eigenvalue weighted by molar-refractivity contribution is -0.137.